The molecule has 18 heteroatoms. The van der Waals surface area contributed by atoms with Gasteiger partial charge in [0, 0.05) is 63.6 Å². The number of hydrogen-bond donors (Lipinski definition) is 2. The number of benzene rings is 4. The van der Waals surface area contributed by atoms with E-state index in [4.69, 9.17) is 18.9 Å². The van der Waals surface area contributed by atoms with Crippen molar-refractivity contribution in [2.45, 2.75) is 63.7 Å². The van der Waals surface area contributed by atoms with Crippen LogP contribution in [-0.2, 0) is 31.3 Å². The van der Waals surface area contributed by atoms with Gasteiger partial charge in [0.25, 0.3) is 23.6 Å². The lowest BCUT2D eigenvalue weighted by molar-refractivity contribution is -0.138. The van der Waals surface area contributed by atoms with Gasteiger partial charge in [0.05, 0.1) is 44.8 Å². The van der Waals surface area contributed by atoms with E-state index in [1.807, 2.05) is 0 Å². The van der Waals surface area contributed by atoms with Crippen molar-refractivity contribution in [3.05, 3.63) is 106 Å². The molecule has 332 valence electrons. The largest absolute Gasteiger partial charge is 0.416 e. The Bertz CT molecular complexity index is 1910. The van der Waals surface area contributed by atoms with Crippen LogP contribution in [-0.4, -0.2) is 86.5 Å². The number of nitrogens with zero attached hydrogens (tertiary/aromatic N) is 2. The van der Waals surface area contributed by atoms with E-state index < -0.39 is 47.1 Å². The Kier molecular flexibility index (Phi) is 15.6. The molecule has 0 unspecified atom stereocenters. The van der Waals surface area contributed by atoms with Crippen molar-refractivity contribution in [1.29, 1.82) is 0 Å². The monoisotopic (exact) mass is 872 g/mol. The van der Waals surface area contributed by atoms with Gasteiger partial charge in [-0.15, -0.1) is 0 Å². The first-order valence-electron chi connectivity index (χ1n) is 20.3. The number of carbonyl (C=O) groups excluding carboxylic acids is 4. The zero-order chi connectivity index (χ0) is 44.3. The second-order valence-electron chi connectivity index (χ2n) is 14.6. The first kappa shape index (κ1) is 46.0. The summed E-state index contributed by atoms with van der Waals surface area (Å²) in [4.78, 5) is 53.3. The maximum Gasteiger partial charge on any atom is 0.416 e. The van der Waals surface area contributed by atoms with Crippen molar-refractivity contribution in [3.63, 3.8) is 0 Å². The van der Waals surface area contributed by atoms with E-state index in [2.05, 4.69) is 10.9 Å². The van der Waals surface area contributed by atoms with E-state index in [1.165, 1.54) is 75.6 Å². The van der Waals surface area contributed by atoms with Crippen molar-refractivity contribution in [1.82, 2.24) is 10.0 Å². The van der Waals surface area contributed by atoms with Gasteiger partial charge >= 0.3 is 12.4 Å². The van der Waals surface area contributed by atoms with Crippen molar-refractivity contribution >= 4 is 45.8 Å². The molecule has 0 aliphatic carbocycles. The number of hydrazine groups is 2. The molecule has 0 bridgehead atoms. The summed E-state index contributed by atoms with van der Waals surface area (Å²) in [6.45, 7) is 8.00. The molecule has 10 rings (SSSR count). The summed E-state index contributed by atoms with van der Waals surface area (Å²) in [5.41, 5.74) is 3.02. The number of alkyl halides is 6. The molecule has 4 aromatic carbocycles. The molecular formula is C44H46F6N4O8. The summed E-state index contributed by atoms with van der Waals surface area (Å²) in [5, 5.41) is 1.32. The number of amides is 4. The molecule has 4 aromatic rings. The maximum atomic E-state index is 13.3. The molecule has 4 saturated heterocycles. The quantitative estimate of drug-likeness (QED) is 0.151. The highest BCUT2D eigenvalue weighted by Gasteiger charge is 2.40. The van der Waals surface area contributed by atoms with Crippen LogP contribution in [0.15, 0.2) is 72.8 Å². The van der Waals surface area contributed by atoms with Gasteiger partial charge < -0.3 is 18.9 Å². The van der Waals surface area contributed by atoms with Crippen LogP contribution >= 0.6 is 0 Å². The van der Waals surface area contributed by atoms with Gasteiger partial charge in [-0.2, -0.15) is 36.4 Å². The van der Waals surface area contributed by atoms with E-state index in [0.29, 0.717) is 10.0 Å². The lowest BCUT2D eigenvalue weighted by Gasteiger charge is -2.32. The second kappa shape index (κ2) is 21.0. The van der Waals surface area contributed by atoms with Gasteiger partial charge in [-0.05, 0) is 124 Å². The van der Waals surface area contributed by atoms with E-state index in [-0.39, 0.29) is 44.4 Å². The minimum atomic E-state index is -4.58. The van der Waals surface area contributed by atoms with Crippen LogP contribution < -0.4 is 10.9 Å². The summed E-state index contributed by atoms with van der Waals surface area (Å²) in [7, 11) is 0. The summed E-state index contributed by atoms with van der Waals surface area (Å²) < 4.78 is 97.2. The third kappa shape index (κ3) is 11.5. The number of ether oxygens (including phenoxy) is 4. The van der Waals surface area contributed by atoms with Crippen LogP contribution in [0, 0.1) is 0 Å². The Morgan fingerprint density at radius 1 is 0.371 bits per heavy atom. The van der Waals surface area contributed by atoms with E-state index in [9.17, 15) is 45.5 Å². The van der Waals surface area contributed by atoms with Gasteiger partial charge in [-0.1, -0.05) is 0 Å². The normalized spacial score (nSPS) is 17.9. The average molecular weight is 873 g/mol. The summed E-state index contributed by atoms with van der Waals surface area (Å²) >= 11 is 0. The van der Waals surface area contributed by atoms with Crippen molar-refractivity contribution in [2.75, 3.05) is 63.7 Å². The molecule has 6 heterocycles. The number of carbonyl (C=O) groups is 4. The fourth-order valence-corrected chi connectivity index (χ4v) is 6.84. The van der Waals surface area contributed by atoms with Crippen LogP contribution in [0.25, 0.3) is 10.8 Å². The molecule has 4 fully saturated rings. The standard InChI is InChI=1S/C28H14F6N4O4.4C4H8O/c29-27(30,31)13-1-5-15(6-2-13)35-37-23(39)17-9-11-19-22-20(12-10-18(21(17)22)24(37)40)26(42)38(25(19)41)36-16-7-3-14(4-8-16)28(32,33)34;4*1-2-4-5-3-1/h1-12,35-36H;4*1-4H2. The number of nitrogens with one attached hydrogen (secondary N) is 2. The highest BCUT2D eigenvalue weighted by Crippen LogP contribution is 2.39. The number of imide groups is 2. The molecule has 0 spiro atoms. The molecule has 6 aliphatic rings. The number of anilines is 2. The van der Waals surface area contributed by atoms with Gasteiger partial charge in [-0.25, -0.2) is 0 Å². The highest BCUT2D eigenvalue weighted by atomic mass is 19.4. The van der Waals surface area contributed by atoms with E-state index in [1.54, 1.807) is 0 Å². The zero-order valence-electron chi connectivity index (χ0n) is 33.7. The SMILES string of the molecule is C1CCOC1.C1CCOC1.C1CCOC1.C1CCOC1.O=C1c2ccc3c4c(ccc(c24)C(=O)N1Nc1ccc(C(F)(F)F)cc1)C(=O)N(Nc1ccc(C(F)(F)F)cc1)C3=O. The Morgan fingerprint density at radius 3 is 0.774 bits per heavy atom. The third-order valence-corrected chi connectivity index (χ3v) is 10.1. The molecule has 0 saturated carbocycles. The molecule has 6 aliphatic heterocycles. The molecule has 0 radical (unpaired) electrons. The van der Waals surface area contributed by atoms with Crippen LogP contribution in [0.2, 0.25) is 0 Å². The first-order valence-corrected chi connectivity index (χ1v) is 20.3. The molecular weight excluding hydrogens is 826 g/mol. The fourth-order valence-electron chi connectivity index (χ4n) is 6.84. The summed E-state index contributed by atoms with van der Waals surface area (Å²) in [6.07, 6.45) is 1.06. The van der Waals surface area contributed by atoms with Crippen LogP contribution in [0.4, 0.5) is 37.7 Å². The Hall–Kier alpha value is -5.56. The summed E-state index contributed by atoms with van der Waals surface area (Å²) in [5.74, 6) is -3.50. The predicted octanol–water partition coefficient (Wildman–Crippen LogP) is 9.31. The lowest BCUT2D eigenvalue weighted by Crippen LogP contribution is -2.46. The molecule has 2 N–H and O–H groups in total. The van der Waals surface area contributed by atoms with Crippen molar-refractivity contribution in [2.24, 2.45) is 0 Å². The van der Waals surface area contributed by atoms with Gasteiger partial charge in [0.1, 0.15) is 0 Å². The van der Waals surface area contributed by atoms with E-state index >= 15 is 0 Å². The Labute approximate surface area is 353 Å². The highest BCUT2D eigenvalue weighted by molar-refractivity contribution is 6.33. The second-order valence-corrected chi connectivity index (χ2v) is 14.6. The fraction of sp³-hybridized carbons (Fsp3) is 0.409. The molecule has 0 aromatic heterocycles. The molecule has 0 atom stereocenters. The average Bonchev–Trinajstić information content (AvgIpc) is 4.12. The van der Waals surface area contributed by atoms with Gasteiger partial charge in [0.15, 0.2) is 0 Å². The van der Waals surface area contributed by atoms with Gasteiger partial charge in [0.2, 0.25) is 0 Å². The number of hydrogen-bond acceptors (Lipinski definition) is 10. The minimum absolute atomic E-state index is 0.0223. The first-order chi connectivity index (χ1) is 29.8. The molecule has 12 nitrogen and oxygen atoms in total. The summed E-state index contributed by atoms with van der Waals surface area (Å²) in [6, 6.07) is 12.4. The van der Waals surface area contributed by atoms with E-state index in [0.717, 1.165) is 101 Å². The minimum Gasteiger partial charge on any atom is -0.381 e. The van der Waals surface area contributed by atoms with Crippen LogP contribution in [0.5, 0.6) is 0 Å². The number of rotatable bonds is 4. The Balaban J connectivity index is 0.000000259. The Morgan fingerprint density at radius 2 is 0.597 bits per heavy atom. The predicted molar refractivity (Wildman–Crippen MR) is 215 cm³/mol. The van der Waals surface area contributed by atoms with Gasteiger partial charge in [-0.3, -0.25) is 30.0 Å². The smallest absolute Gasteiger partial charge is 0.381 e. The van der Waals surface area contributed by atoms with Crippen molar-refractivity contribution < 1.29 is 64.5 Å². The van der Waals surface area contributed by atoms with Crippen molar-refractivity contribution in [3.8, 4) is 0 Å². The third-order valence-electron chi connectivity index (χ3n) is 10.1. The maximum absolute atomic E-state index is 13.3. The topological polar surface area (TPSA) is 136 Å². The molecule has 62 heavy (non-hydrogen) atoms. The lowest BCUT2D eigenvalue weighted by atomic mass is 9.86. The van der Waals surface area contributed by atoms with Crippen LogP contribution in [0.1, 0.15) is 104 Å². The molecule has 4 amide bonds. The van der Waals surface area contributed by atoms with Crippen LogP contribution in [0.3, 0.4) is 0 Å². The number of halogens is 6. The zero-order valence-corrected chi connectivity index (χ0v) is 33.7.